The van der Waals surface area contributed by atoms with E-state index in [1.54, 1.807) is 4.72 Å². The monoisotopic (exact) mass is 475 g/mol. The first-order chi connectivity index (χ1) is 14.8. The van der Waals surface area contributed by atoms with Gasteiger partial charge in [0.2, 0.25) is 5.91 Å². The second kappa shape index (κ2) is 8.49. The maximum absolute atomic E-state index is 14.3. The van der Waals surface area contributed by atoms with Gasteiger partial charge in [0.25, 0.3) is 10.0 Å². The zero-order valence-electron chi connectivity index (χ0n) is 16.7. The lowest BCUT2D eigenvalue weighted by Crippen LogP contribution is -2.35. The smallest absolute Gasteiger partial charge is 0.301 e. The quantitative estimate of drug-likeness (QED) is 0.645. The Morgan fingerprint density at radius 1 is 1.12 bits per heavy atom. The maximum Gasteiger partial charge on any atom is 0.431 e. The minimum absolute atomic E-state index is 0.184. The first-order valence-electron chi connectivity index (χ1n) is 9.30. The van der Waals surface area contributed by atoms with Crippen LogP contribution in [0.25, 0.3) is 0 Å². The molecule has 1 aliphatic rings. The minimum Gasteiger partial charge on any atom is -0.301 e. The van der Waals surface area contributed by atoms with Crippen LogP contribution in [0.15, 0.2) is 52.5 Å². The summed E-state index contributed by atoms with van der Waals surface area (Å²) in [5, 5.41) is 3.38. The lowest BCUT2D eigenvalue weighted by Gasteiger charge is -2.28. The molecule has 1 aliphatic heterocycles. The molecule has 3 rings (SSSR count). The fourth-order valence-corrected chi connectivity index (χ4v) is 4.64. The summed E-state index contributed by atoms with van der Waals surface area (Å²) in [6.45, 7) is 2.48. The van der Waals surface area contributed by atoms with Crippen LogP contribution in [0.3, 0.4) is 0 Å². The molecule has 0 spiro atoms. The highest BCUT2D eigenvalue weighted by atomic mass is 32.2. The topological polar surface area (TPSA) is 87.6 Å². The summed E-state index contributed by atoms with van der Waals surface area (Å²) in [5.41, 5.74) is 1.29. The molecule has 3 unspecified atom stereocenters. The van der Waals surface area contributed by atoms with E-state index in [-0.39, 0.29) is 10.5 Å². The standard InChI is InChI=1S/C20H18F5N3O3S/c1-10(12-3-6-14(7-4-12)32(30,31)28-11(2)29)17-18(26-27-19(17)20(23,24)25)15-8-5-13(21)9-16(15)22/h3-10,17-18,26H,1-2H3,(H,28,29). The molecule has 32 heavy (non-hydrogen) atoms. The van der Waals surface area contributed by atoms with Crippen LogP contribution in [-0.4, -0.2) is 26.2 Å². The molecule has 2 aromatic rings. The van der Waals surface area contributed by atoms with Crippen molar-refractivity contribution in [3.05, 3.63) is 65.2 Å². The lowest BCUT2D eigenvalue weighted by atomic mass is 9.77. The summed E-state index contributed by atoms with van der Waals surface area (Å²) in [7, 11) is -4.12. The number of amides is 1. The van der Waals surface area contributed by atoms with Crippen LogP contribution in [0.4, 0.5) is 22.0 Å². The molecule has 0 bridgehead atoms. The first kappa shape index (κ1) is 23.6. The van der Waals surface area contributed by atoms with Crippen molar-refractivity contribution in [3.8, 4) is 0 Å². The van der Waals surface area contributed by atoms with Crippen molar-refractivity contribution in [2.24, 2.45) is 11.0 Å². The van der Waals surface area contributed by atoms with Crippen LogP contribution in [0.5, 0.6) is 0 Å². The fraction of sp³-hybridized carbons (Fsp3) is 0.300. The molecule has 6 nitrogen and oxygen atoms in total. The molecule has 1 amide bonds. The Hall–Kier alpha value is -3.02. The number of sulfonamides is 1. The van der Waals surface area contributed by atoms with Crippen molar-refractivity contribution < 1.29 is 35.2 Å². The molecule has 0 radical (unpaired) electrons. The highest BCUT2D eigenvalue weighted by Gasteiger charge is 2.50. The lowest BCUT2D eigenvalue weighted by molar-refractivity contribution is -0.117. The van der Waals surface area contributed by atoms with Gasteiger partial charge >= 0.3 is 6.18 Å². The molecule has 2 N–H and O–H groups in total. The predicted molar refractivity (Wildman–Crippen MR) is 105 cm³/mol. The number of carbonyl (C=O) groups is 1. The molecule has 0 aliphatic carbocycles. The average molecular weight is 475 g/mol. The van der Waals surface area contributed by atoms with Crippen molar-refractivity contribution in [2.45, 2.75) is 36.9 Å². The van der Waals surface area contributed by atoms with Crippen molar-refractivity contribution >= 4 is 21.6 Å². The summed E-state index contributed by atoms with van der Waals surface area (Å²) in [5.74, 6) is -4.96. The van der Waals surface area contributed by atoms with Gasteiger partial charge in [-0.05, 0) is 29.7 Å². The Morgan fingerprint density at radius 3 is 2.28 bits per heavy atom. The third-order valence-corrected chi connectivity index (χ3v) is 6.57. The van der Waals surface area contributed by atoms with E-state index in [9.17, 15) is 35.2 Å². The Bertz CT molecular complexity index is 1160. The van der Waals surface area contributed by atoms with E-state index in [1.807, 2.05) is 0 Å². The molecule has 0 fully saturated rings. The number of hydrogen-bond donors (Lipinski definition) is 2. The van der Waals surface area contributed by atoms with Crippen LogP contribution in [0, 0.1) is 17.6 Å². The fourth-order valence-electron chi connectivity index (χ4n) is 3.65. The molecule has 0 saturated carbocycles. The van der Waals surface area contributed by atoms with Gasteiger partial charge in [-0.1, -0.05) is 25.1 Å². The Kier molecular flexibility index (Phi) is 6.27. The number of halogens is 5. The number of nitrogens with one attached hydrogen (secondary N) is 2. The van der Waals surface area contributed by atoms with Gasteiger partial charge in [0, 0.05) is 24.5 Å². The summed E-state index contributed by atoms with van der Waals surface area (Å²) < 4.78 is 94.5. The van der Waals surface area contributed by atoms with E-state index in [4.69, 9.17) is 0 Å². The number of hydrogen-bond acceptors (Lipinski definition) is 5. The molecule has 3 atom stereocenters. The number of hydrazone groups is 1. The van der Waals surface area contributed by atoms with Gasteiger partial charge in [0.05, 0.1) is 10.9 Å². The average Bonchev–Trinajstić information content (AvgIpc) is 3.12. The number of benzene rings is 2. The molecule has 0 saturated heterocycles. The first-order valence-corrected chi connectivity index (χ1v) is 10.8. The third-order valence-electron chi connectivity index (χ3n) is 5.12. The van der Waals surface area contributed by atoms with E-state index >= 15 is 0 Å². The number of nitrogens with zero attached hydrogens (tertiary/aromatic N) is 1. The molecule has 12 heteroatoms. The summed E-state index contributed by atoms with van der Waals surface area (Å²) in [6.07, 6.45) is -4.81. The van der Waals surface area contributed by atoms with Gasteiger partial charge in [-0.2, -0.15) is 18.3 Å². The van der Waals surface area contributed by atoms with E-state index in [0.29, 0.717) is 11.6 Å². The molecular formula is C20H18F5N3O3S. The van der Waals surface area contributed by atoms with E-state index in [0.717, 1.165) is 31.2 Å². The largest absolute Gasteiger partial charge is 0.431 e. The number of carbonyl (C=O) groups excluding carboxylic acids is 1. The third kappa shape index (κ3) is 4.74. The van der Waals surface area contributed by atoms with Crippen LogP contribution in [0.1, 0.15) is 36.9 Å². The zero-order valence-corrected chi connectivity index (χ0v) is 17.6. The molecular weight excluding hydrogens is 457 g/mol. The van der Waals surface area contributed by atoms with Gasteiger partial charge in [-0.15, -0.1) is 0 Å². The summed E-state index contributed by atoms with van der Waals surface area (Å²) in [6, 6.07) is 6.26. The number of rotatable bonds is 5. The zero-order chi connectivity index (χ0) is 23.8. The van der Waals surface area contributed by atoms with Crippen LogP contribution in [-0.2, 0) is 14.8 Å². The Balaban J connectivity index is 1.98. The number of alkyl halides is 3. The Morgan fingerprint density at radius 2 is 1.75 bits per heavy atom. The van der Waals surface area contributed by atoms with E-state index in [2.05, 4.69) is 10.5 Å². The molecule has 1 heterocycles. The minimum atomic E-state index is -4.81. The second-order valence-corrected chi connectivity index (χ2v) is 8.99. The summed E-state index contributed by atoms with van der Waals surface area (Å²) in [4.78, 5) is 10.8. The Labute approximate surface area is 180 Å². The van der Waals surface area contributed by atoms with Crippen LogP contribution < -0.4 is 10.1 Å². The SMILES string of the molecule is CC(=O)NS(=O)(=O)c1ccc(C(C)C2C(C(F)(F)F)=NNC2c2ccc(F)cc2F)cc1. The van der Waals surface area contributed by atoms with Crippen molar-refractivity contribution in [2.75, 3.05) is 0 Å². The van der Waals surface area contributed by atoms with E-state index in [1.165, 1.54) is 19.1 Å². The van der Waals surface area contributed by atoms with Crippen LogP contribution >= 0.6 is 0 Å². The normalized spacial score (nSPS) is 19.8. The molecule has 2 aromatic carbocycles. The van der Waals surface area contributed by atoms with Gasteiger partial charge in [-0.25, -0.2) is 21.9 Å². The molecule has 172 valence electrons. The predicted octanol–water partition coefficient (Wildman–Crippen LogP) is 3.77. The second-order valence-electron chi connectivity index (χ2n) is 7.31. The molecule has 0 aromatic heterocycles. The highest BCUT2D eigenvalue weighted by Crippen LogP contribution is 2.43. The summed E-state index contributed by atoms with van der Waals surface area (Å²) >= 11 is 0. The van der Waals surface area contributed by atoms with Gasteiger partial charge < -0.3 is 5.43 Å². The van der Waals surface area contributed by atoms with Gasteiger partial charge in [0.1, 0.15) is 17.3 Å². The maximum atomic E-state index is 14.3. The van der Waals surface area contributed by atoms with Crippen molar-refractivity contribution in [3.63, 3.8) is 0 Å². The van der Waals surface area contributed by atoms with Gasteiger partial charge in [0.15, 0.2) is 0 Å². The highest BCUT2D eigenvalue weighted by molar-refractivity contribution is 7.90. The van der Waals surface area contributed by atoms with E-state index < -0.39 is 57.3 Å². The van der Waals surface area contributed by atoms with Crippen molar-refractivity contribution in [1.29, 1.82) is 0 Å². The van der Waals surface area contributed by atoms with Gasteiger partial charge in [-0.3, -0.25) is 4.79 Å². The van der Waals surface area contributed by atoms with Crippen LogP contribution in [0.2, 0.25) is 0 Å². The van der Waals surface area contributed by atoms with Crippen molar-refractivity contribution in [1.82, 2.24) is 10.1 Å².